The quantitative estimate of drug-likeness (QED) is 0.524. The van der Waals surface area contributed by atoms with E-state index in [0.717, 1.165) is 11.5 Å². The molecule has 0 aliphatic carbocycles. The highest BCUT2D eigenvalue weighted by atomic mass is 32.1. The fourth-order valence-electron chi connectivity index (χ4n) is 0.652. The van der Waals surface area contributed by atoms with Crippen LogP contribution in [0, 0.1) is 0 Å². The molecular formula is C10H16OS2. The van der Waals surface area contributed by atoms with Gasteiger partial charge in [0, 0.05) is 0 Å². The molecule has 0 bridgehead atoms. The summed E-state index contributed by atoms with van der Waals surface area (Å²) in [6.07, 6.45) is 2.40. The van der Waals surface area contributed by atoms with Crippen molar-refractivity contribution < 1.29 is 5.11 Å². The van der Waals surface area contributed by atoms with Gasteiger partial charge < -0.3 is 5.11 Å². The van der Waals surface area contributed by atoms with E-state index in [1.807, 2.05) is 6.07 Å². The van der Waals surface area contributed by atoms with E-state index < -0.39 is 0 Å². The van der Waals surface area contributed by atoms with Crippen LogP contribution in [0.15, 0.2) is 30.3 Å². The van der Waals surface area contributed by atoms with Gasteiger partial charge in [0.1, 0.15) is 5.75 Å². The van der Waals surface area contributed by atoms with E-state index in [4.69, 9.17) is 5.11 Å². The lowest BCUT2D eigenvalue weighted by Crippen LogP contribution is -1.74. The highest BCUT2D eigenvalue weighted by Crippen LogP contribution is 2.02. The second-order valence-electron chi connectivity index (χ2n) is 2.49. The lowest BCUT2D eigenvalue weighted by Gasteiger charge is -1.85. The Balaban J connectivity index is 0.000000226. The van der Waals surface area contributed by atoms with Gasteiger partial charge in [-0.05, 0) is 36.5 Å². The maximum atomic E-state index is 8.63. The molecule has 1 aromatic carbocycles. The summed E-state index contributed by atoms with van der Waals surface area (Å²) >= 11 is 8.04. The summed E-state index contributed by atoms with van der Waals surface area (Å²) in [6.45, 7) is 0. The van der Waals surface area contributed by atoms with Crippen molar-refractivity contribution in [1.29, 1.82) is 0 Å². The third-order valence-corrected chi connectivity index (χ3v) is 1.95. The van der Waals surface area contributed by atoms with E-state index in [1.54, 1.807) is 24.3 Å². The zero-order valence-corrected chi connectivity index (χ0v) is 9.35. The lowest BCUT2D eigenvalue weighted by atomic mass is 10.3. The highest BCUT2D eigenvalue weighted by molar-refractivity contribution is 7.80. The standard InChI is InChI=1S/C6H6O.C4H10S2/c7-6-4-2-1-3-5-6;5-3-1-2-4-6/h1-5,7H;5-6H,1-4H2. The van der Waals surface area contributed by atoms with Gasteiger partial charge in [-0.15, -0.1) is 0 Å². The molecule has 0 atom stereocenters. The van der Waals surface area contributed by atoms with E-state index in [-0.39, 0.29) is 0 Å². The summed E-state index contributed by atoms with van der Waals surface area (Å²) in [7, 11) is 0. The summed E-state index contributed by atoms with van der Waals surface area (Å²) in [6, 6.07) is 8.71. The van der Waals surface area contributed by atoms with Gasteiger partial charge >= 0.3 is 0 Å². The molecule has 1 nitrogen and oxygen atoms in total. The molecule has 0 amide bonds. The fourth-order valence-corrected chi connectivity index (χ4v) is 1.10. The number of phenols is 1. The van der Waals surface area contributed by atoms with Crippen LogP contribution in [0.2, 0.25) is 0 Å². The molecule has 13 heavy (non-hydrogen) atoms. The van der Waals surface area contributed by atoms with E-state index >= 15 is 0 Å². The van der Waals surface area contributed by atoms with Gasteiger partial charge in [-0.25, -0.2) is 0 Å². The first-order valence-electron chi connectivity index (χ1n) is 4.27. The van der Waals surface area contributed by atoms with Gasteiger partial charge in [-0.1, -0.05) is 18.2 Å². The van der Waals surface area contributed by atoms with E-state index in [0.29, 0.717) is 5.75 Å². The monoisotopic (exact) mass is 216 g/mol. The zero-order valence-electron chi connectivity index (χ0n) is 7.56. The van der Waals surface area contributed by atoms with Gasteiger partial charge in [0.2, 0.25) is 0 Å². The predicted molar refractivity (Wildman–Crippen MR) is 65.0 cm³/mol. The van der Waals surface area contributed by atoms with Crippen molar-refractivity contribution in [3.05, 3.63) is 30.3 Å². The number of hydrogen-bond donors (Lipinski definition) is 3. The van der Waals surface area contributed by atoms with Crippen LogP contribution < -0.4 is 0 Å². The van der Waals surface area contributed by atoms with Crippen molar-refractivity contribution in [3.63, 3.8) is 0 Å². The Morgan fingerprint density at radius 1 is 0.923 bits per heavy atom. The van der Waals surface area contributed by atoms with Crippen molar-refractivity contribution in [3.8, 4) is 5.75 Å². The molecule has 0 spiro atoms. The van der Waals surface area contributed by atoms with Gasteiger partial charge in [0.15, 0.2) is 0 Å². The number of hydrogen-bond acceptors (Lipinski definition) is 3. The summed E-state index contributed by atoms with van der Waals surface area (Å²) in [5.41, 5.74) is 0. The smallest absolute Gasteiger partial charge is 0.115 e. The molecule has 0 heterocycles. The molecule has 1 aromatic rings. The highest BCUT2D eigenvalue weighted by Gasteiger charge is 1.76. The Hall–Kier alpha value is -0.280. The Morgan fingerprint density at radius 2 is 1.38 bits per heavy atom. The van der Waals surface area contributed by atoms with Crippen LogP contribution in [0.4, 0.5) is 0 Å². The minimum absolute atomic E-state index is 0.322. The van der Waals surface area contributed by atoms with Crippen LogP contribution in [0.25, 0.3) is 0 Å². The van der Waals surface area contributed by atoms with Crippen LogP contribution in [0.1, 0.15) is 12.8 Å². The molecule has 0 unspecified atom stereocenters. The number of benzene rings is 1. The minimum atomic E-state index is 0.322. The molecule has 3 heteroatoms. The van der Waals surface area contributed by atoms with E-state index in [1.165, 1.54) is 12.8 Å². The van der Waals surface area contributed by atoms with Crippen LogP contribution in [-0.4, -0.2) is 16.6 Å². The molecular weight excluding hydrogens is 200 g/mol. The van der Waals surface area contributed by atoms with Crippen LogP contribution in [-0.2, 0) is 0 Å². The van der Waals surface area contributed by atoms with Gasteiger partial charge in [-0.3, -0.25) is 0 Å². The Bertz CT molecular complexity index is 185. The number of phenolic OH excluding ortho intramolecular Hbond substituents is 1. The maximum absolute atomic E-state index is 8.63. The molecule has 0 aliphatic rings. The van der Waals surface area contributed by atoms with Crippen LogP contribution in [0.5, 0.6) is 5.75 Å². The van der Waals surface area contributed by atoms with Crippen molar-refractivity contribution in [2.75, 3.05) is 11.5 Å². The normalized spacial score (nSPS) is 8.77. The minimum Gasteiger partial charge on any atom is -0.508 e. The average Bonchev–Trinajstić information content (AvgIpc) is 2.17. The molecule has 74 valence electrons. The first-order valence-corrected chi connectivity index (χ1v) is 5.53. The van der Waals surface area contributed by atoms with Crippen molar-refractivity contribution in [1.82, 2.24) is 0 Å². The largest absolute Gasteiger partial charge is 0.508 e. The zero-order chi connectivity index (χ0) is 9.94. The number of aromatic hydroxyl groups is 1. The predicted octanol–water partition coefficient (Wildman–Crippen LogP) is 3.02. The number of thiol groups is 2. The number of para-hydroxylation sites is 1. The number of unbranched alkanes of at least 4 members (excludes halogenated alkanes) is 1. The van der Waals surface area contributed by atoms with E-state index in [2.05, 4.69) is 25.3 Å². The third-order valence-electron chi connectivity index (χ3n) is 1.32. The third kappa shape index (κ3) is 9.64. The SMILES string of the molecule is Oc1ccccc1.SCCCCS. The summed E-state index contributed by atoms with van der Waals surface area (Å²) < 4.78 is 0. The summed E-state index contributed by atoms with van der Waals surface area (Å²) in [5.74, 6) is 2.32. The first-order chi connectivity index (χ1) is 6.31. The average molecular weight is 216 g/mol. The maximum Gasteiger partial charge on any atom is 0.115 e. The Labute approximate surface area is 91.0 Å². The fraction of sp³-hybridized carbons (Fsp3) is 0.400. The van der Waals surface area contributed by atoms with Crippen molar-refractivity contribution in [2.45, 2.75) is 12.8 Å². The van der Waals surface area contributed by atoms with Gasteiger partial charge in [0.05, 0.1) is 0 Å². The van der Waals surface area contributed by atoms with E-state index in [9.17, 15) is 0 Å². The van der Waals surface area contributed by atoms with Crippen molar-refractivity contribution in [2.24, 2.45) is 0 Å². The van der Waals surface area contributed by atoms with Gasteiger partial charge in [-0.2, -0.15) is 25.3 Å². The Morgan fingerprint density at radius 3 is 1.62 bits per heavy atom. The first kappa shape index (κ1) is 12.7. The summed E-state index contributed by atoms with van der Waals surface area (Å²) in [5, 5.41) is 8.63. The lowest BCUT2D eigenvalue weighted by molar-refractivity contribution is 0.475. The molecule has 0 fully saturated rings. The molecule has 0 aliphatic heterocycles. The Kier molecular flexibility index (Phi) is 9.59. The topological polar surface area (TPSA) is 20.2 Å². The molecule has 0 saturated heterocycles. The van der Waals surface area contributed by atoms with Gasteiger partial charge in [0.25, 0.3) is 0 Å². The second kappa shape index (κ2) is 9.81. The second-order valence-corrected chi connectivity index (χ2v) is 3.38. The van der Waals surface area contributed by atoms with Crippen LogP contribution in [0.3, 0.4) is 0 Å². The molecule has 1 rings (SSSR count). The number of rotatable bonds is 3. The molecule has 0 aromatic heterocycles. The van der Waals surface area contributed by atoms with Crippen LogP contribution >= 0.6 is 25.3 Å². The molecule has 0 saturated carbocycles. The summed E-state index contributed by atoms with van der Waals surface area (Å²) in [4.78, 5) is 0. The molecule has 0 radical (unpaired) electrons. The van der Waals surface area contributed by atoms with Crippen molar-refractivity contribution >= 4 is 25.3 Å². The molecule has 1 N–H and O–H groups in total.